The Morgan fingerprint density at radius 3 is 2.39 bits per heavy atom. The number of hydrogen-bond acceptors (Lipinski definition) is 4. The summed E-state index contributed by atoms with van der Waals surface area (Å²) in [7, 11) is 1.65. The van der Waals surface area contributed by atoms with Gasteiger partial charge in [0.1, 0.15) is 11.6 Å². The molecule has 0 fully saturated rings. The molecule has 0 aliphatic carbocycles. The average Bonchev–Trinajstić information content (AvgIpc) is 2.38. The van der Waals surface area contributed by atoms with Crippen molar-refractivity contribution in [2.24, 2.45) is 5.73 Å². The molecule has 0 spiro atoms. The van der Waals surface area contributed by atoms with E-state index in [0.717, 1.165) is 22.7 Å². The van der Waals surface area contributed by atoms with Crippen LogP contribution < -0.4 is 10.5 Å². The summed E-state index contributed by atoms with van der Waals surface area (Å²) in [4.78, 5) is 8.81. The van der Waals surface area contributed by atoms with Gasteiger partial charge in [-0.1, -0.05) is 0 Å². The molecule has 2 N–H and O–H groups in total. The maximum atomic E-state index is 5.83. The fourth-order valence-electron chi connectivity index (χ4n) is 1.70. The molecule has 1 aromatic carbocycles. The van der Waals surface area contributed by atoms with Crippen LogP contribution in [0.4, 0.5) is 0 Å². The van der Waals surface area contributed by atoms with Gasteiger partial charge in [0.15, 0.2) is 0 Å². The van der Waals surface area contributed by atoms with E-state index in [-0.39, 0.29) is 6.04 Å². The normalized spacial score (nSPS) is 12.2. The lowest BCUT2D eigenvalue weighted by molar-refractivity contribution is 0.415. The van der Waals surface area contributed by atoms with Gasteiger partial charge in [-0.05, 0) is 44.2 Å². The van der Waals surface area contributed by atoms with Gasteiger partial charge in [0.2, 0.25) is 0 Å². The molecule has 0 bridgehead atoms. The first-order valence-corrected chi connectivity index (χ1v) is 5.85. The predicted molar refractivity (Wildman–Crippen MR) is 71.4 cm³/mol. The van der Waals surface area contributed by atoms with Gasteiger partial charge in [-0.15, -0.1) is 0 Å². The molecular formula is C14H17N3O. The molecule has 0 amide bonds. The monoisotopic (exact) mass is 243 g/mol. The summed E-state index contributed by atoms with van der Waals surface area (Å²) in [6, 6.07) is 9.57. The first-order valence-electron chi connectivity index (χ1n) is 5.85. The highest BCUT2D eigenvalue weighted by Crippen LogP contribution is 2.22. The molecule has 1 aromatic heterocycles. The molecule has 0 saturated carbocycles. The average molecular weight is 243 g/mol. The third kappa shape index (κ3) is 2.65. The minimum Gasteiger partial charge on any atom is -0.497 e. The molecular weight excluding hydrogens is 226 g/mol. The van der Waals surface area contributed by atoms with Crippen molar-refractivity contribution in [2.45, 2.75) is 19.9 Å². The first-order chi connectivity index (χ1) is 8.60. The van der Waals surface area contributed by atoms with E-state index in [1.807, 2.05) is 44.2 Å². The number of aryl methyl sites for hydroxylation is 1. The highest BCUT2D eigenvalue weighted by Gasteiger charge is 2.08. The van der Waals surface area contributed by atoms with Gasteiger partial charge >= 0.3 is 0 Å². The van der Waals surface area contributed by atoms with Crippen molar-refractivity contribution in [2.75, 3.05) is 7.11 Å². The predicted octanol–water partition coefficient (Wildman–Crippen LogP) is 2.48. The lowest BCUT2D eigenvalue weighted by Crippen LogP contribution is -2.11. The summed E-state index contributed by atoms with van der Waals surface area (Å²) in [5.74, 6) is 1.50. The number of methoxy groups -OCH3 is 1. The van der Waals surface area contributed by atoms with Gasteiger partial charge < -0.3 is 10.5 Å². The van der Waals surface area contributed by atoms with Gasteiger partial charge in [-0.3, -0.25) is 0 Å². The van der Waals surface area contributed by atoms with Crippen molar-refractivity contribution in [3.05, 3.63) is 41.9 Å². The van der Waals surface area contributed by atoms with Crippen LogP contribution >= 0.6 is 0 Å². The second kappa shape index (κ2) is 5.14. The fourth-order valence-corrected chi connectivity index (χ4v) is 1.70. The van der Waals surface area contributed by atoms with Crippen LogP contribution in [0, 0.1) is 6.92 Å². The number of rotatable bonds is 3. The molecule has 0 aliphatic heterocycles. The summed E-state index contributed by atoms with van der Waals surface area (Å²) < 4.78 is 5.14. The van der Waals surface area contributed by atoms with Crippen molar-refractivity contribution >= 4 is 0 Å². The fraction of sp³-hybridized carbons (Fsp3) is 0.286. The lowest BCUT2D eigenvalue weighted by Gasteiger charge is -2.09. The maximum absolute atomic E-state index is 5.83. The van der Waals surface area contributed by atoms with E-state index >= 15 is 0 Å². The quantitative estimate of drug-likeness (QED) is 0.899. The van der Waals surface area contributed by atoms with E-state index < -0.39 is 0 Å². The van der Waals surface area contributed by atoms with Gasteiger partial charge in [-0.25, -0.2) is 9.97 Å². The van der Waals surface area contributed by atoms with Gasteiger partial charge in [0, 0.05) is 11.3 Å². The number of nitrogens with zero attached hydrogens (tertiary/aromatic N) is 2. The third-order valence-electron chi connectivity index (χ3n) is 2.66. The minimum absolute atomic E-state index is 0.165. The summed E-state index contributed by atoms with van der Waals surface area (Å²) in [6.07, 6.45) is 0. The summed E-state index contributed by atoms with van der Waals surface area (Å²) >= 11 is 0. The summed E-state index contributed by atoms with van der Waals surface area (Å²) in [5, 5.41) is 0. The van der Waals surface area contributed by atoms with Crippen LogP contribution in [0.1, 0.15) is 24.5 Å². The molecule has 2 aromatic rings. The zero-order chi connectivity index (χ0) is 13.1. The van der Waals surface area contributed by atoms with E-state index in [4.69, 9.17) is 10.5 Å². The molecule has 2 rings (SSSR count). The van der Waals surface area contributed by atoms with Crippen LogP contribution in [0.25, 0.3) is 11.3 Å². The number of benzene rings is 1. The largest absolute Gasteiger partial charge is 0.497 e. The van der Waals surface area contributed by atoms with Crippen molar-refractivity contribution in [3.63, 3.8) is 0 Å². The second-order valence-electron chi connectivity index (χ2n) is 4.27. The zero-order valence-corrected chi connectivity index (χ0v) is 10.8. The van der Waals surface area contributed by atoms with E-state index in [0.29, 0.717) is 5.82 Å². The van der Waals surface area contributed by atoms with Crippen LogP contribution in [0.5, 0.6) is 5.75 Å². The van der Waals surface area contributed by atoms with E-state index in [9.17, 15) is 0 Å². The molecule has 18 heavy (non-hydrogen) atoms. The number of nitrogens with two attached hydrogens (primary N) is 1. The summed E-state index contributed by atoms with van der Waals surface area (Å²) in [6.45, 7) is 3.83. The summed E-state index contributed by atoms with van der Waals surface area (Å²) in [5.41, 5.74) is 8.67. The van der Waals surface area contributed by atoms with Gasteiger partial charge in [0.05, 0.1) is 18.8 Å². The van der Waals surface area contributed by atoms with Crippen LogP contribution in [0.15, 0.2) is 30.3 Å². The Balaban J connectivity index is 2.42. The van der Waals surface area contributed by atoms with Crippen molar-refractivity contribution in [1.82, 2.24) is 9.97 Å². The van der Waals surface area contributed by atoms with E-state index in [1.165, 1.54) is 0 Å². The Morgan fingerprint density at radius 2 is 1.83 bits per heavy atom. The molecule has 1 atom stereocenters. The zero-order valence-electron chi connectivity index (χ0n) is 10.8. The number of hydrogen-bond donors (Lipinski definition) is 1. The highest BCUT2D eigenvalue weighted by atomic mass is 16.5. The SMILES string of the molecule is COc1ccc(-c2cc(C)nc(C(C)N)n2)cc1. The molecule has 0 saturated heterocycles. The Morgan fingerprint density at radius 1 is 1.17 bits per heavy atom. The Labute approximate surface area is 107 Å². The number of ether oxygens (including phenoxy) is 1. The van der Waals surface area contributed by atoms with Crippen LogP contribution in [0.2, 0.25) is 0 Å². The molecule has 4 heteroatoms. The smallest absolute Gasteiger partial charge is 0.145 e. The first kappa shape index (κ1) is 12.5. The van der Waals surface area contributed by atoms with Crippen molar-refractivity contribution in [3.8, 4) is 17.0 Å². The highest BCUT2D eigenvalue weighted by molar-refractivity contribution is 5.60. The third-order valence-corrected chi connectivity index (χ3v) is 2.66. The van der Waals surface area contributed by atoms with Crippen LogP contribution in [0.3, 0.4) is 0 Å². The molecule has 1 heterocycles. The minimum atomic E-state index is -0.165. The molecule has 1 unspecified atom stereocenters. The van der Waals surface area contributed by atoms with Gasteiger partial charge in [0.25, 0.3) is 0 Å². The topological polar surface area (TPSA) is 61.0 Å². The Bertz CT molecular complexity index is 535. The molecule has 0 aliphatic rings. The van der Waals surface area contributed by atoms with E-state index in [2.05, 4.69) is 9.97 Å². The lowest BCUT2D eigenvalue weighted by atomic mass is 10.1. The number of aromatic nitrogens is 2. The van der Waals surface area contributed by atoms with Crippen molar-refractivity contribution in [1.29, 1.82) is 0 Å². The Kier molecular flexibility index (Phi) is 3.58. The van der Waals surface area contributed by atoms with Crippen LogP contribution in [-0.4, -0.2) is 17.1 Å². The molecule has 94 valence electrons. The van der Waals surface area contributed by atoms with E-state index in [1.54, 1.807) is 7.11 Å². The van der Waals surface area contributed by atoms with Gasteiger partial charge in [-0.2, -0.15) is 0 Å². The maximum Gasteiger partial charge on any atom is 0.145 e. The Hall–Kier alpha value is -1.94. The molecule has 0 radical (unpaired) electrons. The second-order valence-corrected chi connectivity index (χ2v) is 4.27. The van der Waals surface area contributed by atoms with Crippen molar-refractivity contribution < 1.29 is 4.74 Å². The van der Waals surface area contributed by atoms with Crippen LogP contribution in [-0.2, 0) is 0 Å². The standard InChI is InChI=1S/C14H17N3O/c1-9-8-13(17-14(16-9)10(2)15)11-4-6-12(18-3)7-5-11/h4-8,10H,15H2,1-3H3. The molecule has 4 nitrogen and oxygen atoms in total.